The fourth-order valence-corrected chi connectivity index (χ4v) is 1.98. The molecule has 0 saturated heterocycles. The summed E-state index contributed by atoms with van der Waals surface area (Å²) in [6.45, 7) is 10.1. The van der Waals surface area contributed by atoms with Gasteiger partial charge in [-0.3, -0.25) is 9.78 Å². The molecule has 0 saturated carbocycles. The molecule has 1 aromatic rings. The van der Waals surface area contributed by atoms with E-state index >= 15 is 0 Å². The molecule has 2 N–H and O–H groups in total. The van der Waals surface area contributed by atoms with Crippen molar-refractivity contribution < 1.29 is 4.79 Å². The second-order valence-electron chi connectivity index (χ2n) is 5.73. The first kappa shape index (κ1) is 15.6. The number of nitrogens with two attached hydrogens (primary N) is 1. The number of pyridine rings is 1. The first-order chi connectivity index (χ1) is 8.91. The lowest BCUT2D eigenvalue weighted by atomic mass is 9.92. The van der Waals surface area contributed by atoms with E-state index in [2.05, 4.69) is 25.8 Å². The Labute approximate surface area is 116 Å². The van der Waals surface area contributed by atoms with Gasteiger partial charge in [0.15, 0.2) is 0 Å². The van der Waals surface area contributed by atoms with Crippen LogP contribution in [-0.2, 0) is 0 Å². The van der Waals surface area contributed by atoms with E-state index in [1.165, 1.54) is 0 Å². The van der Waals surface area contributed by atoms with Crippen LogP contribution in [0.5, 0.6) is 0 Å². The van der Waals surface area contributed by atoms with Gasteiger partial charge in [-0.1, -0.05) is 20.8 Å². The van der Waals surface area contributed by atoms with E-state index in [9.17, 15) is 4.79 Å². The van der Waals surface area contributed by atoms with Gasteiger partial charge in [0, 0.05) is 25.0 Å². The highest BCUT2D eigenvalue weighted by atomic mass is 16.2. The maximum Gasteiger partial charge on any atom is 0.255 e. The van der Waals surface area contributed by atoms with E-state index in [0.717, 1.165) is 18.7 Å². The van der Waals surface area contributed by atoms with Gasteiger partial charge in [0.1, 0.15) is 0 Å². The van der Waals surface area contributed by atoms with Crippen molar-refractivity contribution in [2.24, 2.45) is 11.1 Å². The first-order valence-electron chi connectivity index (χ1n) is 6.82. The lowest BCUT2D eigenvalue weighted by Crippen LogP contribution is -2.42. The first-order valence-corrected chi connectivity index (χ1v) is 6.82. The number of rotatable bonds is 6. The third-order valence-corrected chi connectivity index (χ3v) is 3.19. The molecule has 19 heavy (non-hydrogen) atoms. The standard InChI is InChI=1S/C15H25N3O/c1-5-9-18(11-15(3,4)10-16)14(19)13-7-6-8-17-12(13)2/h6-8H,5,9-11,16H2,1-4H3. The van der Waals surface area contributed by atoms with Crippen LogP contribution in [0.15, 0.2) is 18.3 Å². The highest BCUT2D eigenvalue weighted by molar-refractivity contribution is 5.95. The van der Waals surface area contributed by atoms with Crippen LogP contribution >= 0.6 is 0 Å². The van der Waals surface area contributed by atoms with Crippen LogP contribution in [0, 0.1) is 12.3 Å². The van der Waals surface area contributed by atoms with Gasteiger partial charge in [0.05, 0.1) is 5.56 Å². The molecule has 0 bridgehead atoms. The van der Waals surface area contributed by atoms with Crippen LogP contribution in [0.25, 0.3) is 0 Å². The van der Waals surface area contributed by atoms with Gasteiger partial charge >= 0.3 is 0 Å². The number of aromatic nitrogens is 1. The van der Waals surface area contributed by atoms with Crippen molar-refractivity contribution in [2.45, 2.75) is 34.1 Å². The van der Waals surface area contributed by atoms with Crippen LogP contribution < -0.4 is 5.73 Å². The minimum absolute atomic E-state index is 0.0500. The molecule has 1 aromatic heterocycles. The topological polar surface area (TPSA) is 59.2 Å². The van der Waals surface area contributed by atoms with Gasteiger partial charge in [-0.25, -0.2) is 0 Å². The van der Waals surface area contributed by atoms with E-state index in [-0.39, 0.29) is 11.3 Å². The Morgan fingerprint density at radius 2 is 2.16 bits per heavy atom. The Hall–Kier alpha value is -1.42. The predicted octanol–water partition coefficient (Wildman–Crippen LogP) is 2.23. The van der Waals surface area contributed by atoms with Gasteiger partial charge in [-0.15, -0.1) is 0 Å². The number of nitrogens with zero attached hydrogens (tertiary/aromatic N) is 2. The number of carbonyl (C=O) groups excluding carboxylic acids is 1. The number of aryl methyl sites for hydroxylation is 1. The van der Waals surface area contributed by atoms with Crippen LogP contribution in [0.3, 0.4) is 0 Å². The number of hydrogen-bond acceptors (Lipinski definition) is 3. The Morgan fingerprint density at radius 1 is 1.47 bits per heavy atom. The fourth-order valence-electron chi connectivity index (χ4n) is 1.98. The van der Waals surface area contributed by atoms with Crippen molar-refractivity contribution in [1.29, 1.82) is 0 Å². The van der Waals surface area contributed by atoms with Crippen LogP contribution in [0.1, 0.15) is 43.2 Å². The Balaban J connectivity index is 2.93. The molecule has 4 nitrogen and oxygen atoms in total. The van der Waals surface area contributed by atoms with Gasteiger partial charge < -0.3 is 10.6 Å². The molecular formula is C15H25N3O. The van der Waals surface area contributed by atoms with Crippen molar-refractivity contribution in [3.05, 3.63) is 29.6 Å². The van der Waals surface area contributed by atoms with Crippen LogP contribution in [-0.4, -0.2) is 35.4 Å². The zero-order chi connectivity index (χ0) is 14.5. The monoisotopic (exact) mass is 263 g/mol. The van der Waals surface area contributed by atoms with Crippen molar-refractivity contribution >= 4 is 5.91 Å². The quantitative estimate of drug-likeness (QED) is 0.856. The van der Waals surface area contributed by atoms with Crippen molar-refractivity contribution in [3.8, 4) is 0 Å². The summed E-state index contributed by atoms with van der Waals surface area (Å²) in [5.74, 6) is 0.0500. The molecule has 0 unspecified atom stereocenters. The summed E-state index contributed by atoms with van der Waals surface area (Å²) in [5.41, 5.74) is 7.16. The normalized spacial score (nSPS) is 11.4. The van der Waals surface area contributed by atoms with Crippen molar-refractivity contribution in [3.63, 3.8) is 0 Å². The molecule has 0 aliphatic rings. The number of hydrogen-bond donors (Lipinski definition) is 1. The average Bonchev–Trinajstić information content (AvgIpc) is 2.38. The van der Waals surface area contributed by atoms with E-state index in [1.807, 2.05) is 17.9 Å². The summed E-state index contributed by atoms with van der Waals surface area (Å²) >= 11 is 0. The molecular weight excluding hydrogens is 238 g/mol. The molecule has 0 aromatic carbocycles. The molecule has 0 spiro atoms. The average molecular weight is 263 g/mol. The van der Waals surface area contributed by atoms with Gasteiger partial charge in [-0.05, 0) is 37.4 Å². The van der Waals surface area contributed by atoms with Crippen LogP contribution in [0.2, 0.25) is 0 Å². The minimum atomic E-state index is -0.0685. The zero-order valence-electron chi connectivity index (χ0n) is 12.4. The smallest absolute Gasteiger partial charge is 0.255 e. The molecule has 0 fully saturated rings. The largest absolute Gasteiger partial charge is 0.338 e. The second kappa shape index (κ2) is 6.66. The molecule has 1 rings (SSSR count). The van der Waals surface area contributed by atoms with Crippen molar-refractivity contribution in [1.82, 2.24) is 9.88 Å². The summed E-state index contributed by atoms with van der Waals surface area (Å²) in [4.78, 5) is 18.7. The van der Waals surface area contributed by atoms with E-state index < -0.39 is 0 Å². The minimum Gasteiger partial charge on any atom is -0.338 e. The summed E-state index contributed by atoms with van der Waals surface area (Å²) in [6.07, 6.45) is 2.64. The molecule has 0 aliphatic heterocycles. The summed E-state index contributed by atoms with van der Waals surface area (Å²) in [5, 5.41) is 0. The molecule has 1 heterocycles. The van der Waals surface area contributed by atoms with Gasteiger partial charge in [0.25, 0.3) is 5.91 Å². The van der Waals surface area contributed by atoms with E-state index in [1.54, 1.807) is 12.3 Å². The van der Waals surface area contributed by atoms with E-state index in [0.29, 0.717) is 18.7 Å². The molecule has 0 radical (unpaired) electrons. The van der Waals surface area contributed by atoms with Gasteiger partial charge in [0.2, 0.25) is 0 Å². The SMILES string of the molecule is CCCN(CC(C)(C)CN)C(=O)c1cccnc1C. The van der Waals surface area contributed by atoms with Crippen molar-refractivity contribution in [2.75, 3.05) is 19.6 Å². The predicted molar refractivity (Wildman–Crippen MR) is 78.0 cm³/mol. The maximum absolute atomic E-state index is 12.6. The molecule has 106 valence electrons. The lowest BCUT2D eigenvalue weighted by molar-refractivity contribution is 0.0688. The molecule has 0 aliphatic carbocycles. The molecule has 1 amide bonds. The number of amides is 1. The Kier molecular flexibility index (Phi) is 5.48. The Morgan fingerprint density at radius 3 is 2.68 bits per heavy atom. The van der Waals surface area contributed by atoms with Gasteiger partial charge in [-0.2, -0.15) is 0 Å². The summed E-state index contributed by atoms with van der Waals surface area (Å²) < 4.78 is 0. The maximum atomic E-state index is 12.6. The third kappa shape index (κ3) is 4.31. The highest BCUT2D eigenvalue weighted by Gasteiger charge is 2.24. The molecule has 0 atom stereocenters. The fraction of sp³-hybridized carbons (Fsp3) is 0.600. The number of carbonyl (C=O) groups is 1. The van der Waals surface area contributed by atoms with Crippen LogP contribution in [0.4, 0.5) is 0 Å². The second-order valence-corrected chi connectivity index (χ2v) is 5.73. The highest BCUT2D eigenvalue weighted by Crippen LogP contribution is 2.18. The Bertz CT molecular complexity index is 429. The zero-order valence-corrected chi connectivity index (χ0v) is 12.4. The third-order valence-electron chi connectivity index (χ3n) is 3.19. The summed E-state index contributed by atoms with van der Waals surface area (Å²) in [7, 11) is 0. The van der Waals surface area contributed by atoms with E-state index in [4.69, 9.17) is 5.73 Å². The lowest BCUT2D eigenvalue weighted by Gasteiger charge is -2.32. The summed E-state index contributed by atoms with van der Waals surface area (Å²) in [6, 6.07) is 3.64. The molecule has 4 heteroatoms.